The number of nitrogens with one attached hydrogen (secondary N) is 1. The van der Waals surface area contributed by atoms with Crippen molar-refractivity contribution in [2.24, 2.45) is 7.05 Å². The van der Waals surface area contributed by atoms with Crippen molar-refractivity contribution in [3.05, 3.63) is 72.1 Å². The van der Waals surface area contributed by atoms with Crippen molar-refractivity contribution < 1.29 is 9.53 Å². The van der Waals surface area contributed by atoms with Crippen LogP contribution in [0.25, 0.3) is 0 Å². The third-order valence-electron chi connectivity index (χ3n) is 3.20. The maximum Gasteiger partial charge on any atom is 0.277 e. The second kappa shape index (κ2) is 6.74. The Morgan fingerprint density at radius 1 is 1.13 bits per heavy atom. The summed E-state index contributed by atoms with van der Waals surface area (Å²) in [6.45, 7) is 0.506. The van der Waals surface area contributed by atoms with Gasteiger partial charge in [0.15, 0.2) is 5.69 Å². The highest BCUT2D eigenvalue weighted by atomic mass is 16.5. The Bertz CT molecular complexity index is 782. The van der Waals surface area contributed by atoms with E-state index >= 15 is 0 Å². The first-order valence-electron chi connectivity index (χ1n) is 7.15. The van der Waals surface area contributed by atoms with Crippen LogP contribution in [-0.2, 0) is 13.7 Å². The zero-order chi connectivity index (χ0) is 16.1. The highest BCUT2D eigenvalue weighted by molar-refractivity contribution is 6.02. The molecule has 0 aliphatic heterocycles. The van der Waals surface area contributed by atoms with Crippen LogP contribution in [0.4, 0.5) is 5.69 Å². The van der Waals surface area contributed by atoms with Crippen LogP contribution in [0.1, 0.15) is 16.1 Å². The molecule has 116 valence electrons. The highest BCUT2D eigenvalue weighted by Gasteiger charge is 2.09. The summed E-state index contributed by atoms with van der Waals surface area (Å²) in [5.74, 6) is 0.447. The van der Waals surface area contributed by atoms with Gasteiger partial charge in [-0.2, -0.15) is 0 Å². The lowest BCUT2D eigenvalue weighted by Gasteiger charge is -2.08. The van der Waals surface area contributed by atoms with E-state index in [0.29, 0.717) is 12.3 Å². The minimum atomic E-state index is -0.295. The van der Waals surface area contributed by atoms with Gasteiger partial charge in [0.1, 0.15) is 12.4 Å². The van der Waals surface area contributed by atoms with Gasteiger partial charge in [0, 0.05) is 12.7 Å². The van der Waals surface area contributed by atoms with Crippen LogP contribution < -0.4 is 10.1 Å². The van der Waals surface area contributed by atoms with Gasteiger partial charge in [0.05, 0.1) is 6.20 Å². The molecule has 0 saturated carbocycles. The third-order valence-corrected chi connectivity index (χ3v) is 3.20. The molecule has 2 aromatic carbocycles. The summed E-state index contributed by atoms with van der Waals surface area (Å²) in [6.07, 6.45) is 1.56. The normalized spacial score (nSPS) is 10.3. The second-order valence-electron chi connectivity index (χ2n) is 5.03. The second-order valence-corrected chi connectivity index (χ2v) is 5.03. The van der Waals surface area contributed by atoms with Gasteiger partial charge in [-0.15, -0.1) is 5.10 Å². The van der Waals surface area contributed by atoms with E-state index in [0.717, 1.165) is 11.3 Å². The van der Waals surface area contributed by atoms with Gasteiger partial charge in [-0.05, 0) is 29.8 Å². The lowest BCUT2D eigenvalue weighted by atomic mass is 10.2. The van der Waals surface area contributed by atoms with Gasteiger partial charge in [-0.3, -0.25) is 9.48 Å². The Balaban J connectivity index is 1.57. The molecule has 0 atom stereocenters. The zero-order valence-corrected chi connectivity index (χ0v) is 12.6. The maximum absolute atomic E-state index is 12.0. The first-order chi connectivity index (χ1) is 11.2. The van der Waals surface area contributed by atoms with Crippen LogP contribution >= 0.6 is 0 Å². The molecule has 23 heavy (non-hydrogen) atoms. The number of hydrogen-bond donors (Lipinski definition) is 1. The molecule has 0 unspecified atom stereocenters. The molecule has 3 rings (SSSR count). The fraction of sp³-hybridized carbons (Fsp3) is 0.118. The van der Waals surface area contributed by atoms with Crippen molar-refractivity contribution in [1.82, 2.24) is 15.0 Å². The van der Waals surface area contributed by atoms with E-state index < -0.39 is 0 Å². The number of benzene rings is 2. The summed E-state index contributed by atoms with van der Waals surface area (Å²) >= 11 is 0. The molecule has 1 N–H and O–H groups in total. The number of hydrogen-bond acceptors (Lipinski definition) is 4. The standard InChI is InChI=1S/C17H16N4O2/c1-21-11-16(19-20-21)17(22)18-14-7-9-15(10-8-14)23-12-13-5-3-2-4-6-13/h2-11H,12H2,1H3,(H,18,22). The predicted molar refractivity (Wildman–Crippen MR) is 86.2 cm³/mol. The summed E-state index contributed by atoms with van der Waals surface area (Å²) in [4.78, 5) is 12.0. The van der Waals surface area contributed by atoms with Gasteiger partial charge < -0.3 is 10.1 Å². The lowest BCUT2D eigenvalue weighted by molar-refractivity contribution is 0.102. The number of aryl methyl sites for hydroxylation is 1. The molecule has 6 heteroatoms. The third kappa shape index (κ3) is 3.94. The number of amides is 1. The fourth-order valence-electron chi connectivity index (χ4n) is 2.02. The van der Waals surface area contributed by atoms with Crippen LogP contribution in [-0.4, -0.2) is 20.9 Å². The van der Waals surface area contributed by atoms with Crippen molar-refractivity contribution in [2.45, 2.75) is 6.61 Å². The van der Waals surface area contributed by atoms with Crippen molar-refractivity contribution in [1.29, 1.82) is 0 Å². The molecule has 0 aliphatic rings. The molecule has 0 radical (unpaired) electrons. The van der Waals surface area contributed by atoms with Gasteiger partial charge in [-0.25, -0.2) is 0 Å². The summed E-state index contributed by atoms with van der Waals surface area (Å²) in [7, 11) is 1.71. The van der Waals surface area contributed by atoms with E-state index in [-0.39, 0.29) is 11.6 Å². The molecule has 0 aliphatic carbocycles. The Morgan fingerprint density at radius 3 is 2.52 bits per heavy atom. The molecule has 0 bridgehead atoms. The number of aromatic nitrogens is 3. The Morgan fingerprint density at radius 2 is 1.87 bits per heavy atom. The van der Waals surface area contributed by atoms with E-state index in [2.05, 4.69) is 15.6 Å². The SMILES string of the molecule is Cn1cc(C(=O)Nc2ccc(OCc3ccccc3)cc2)nn1. The molecule has 6 nitrogen and oxygen atoms in total. The number of ether oxygens (including phenoxy) is 1. The maximum atomic E-state index is 12.0. The van der Waals surface area contributed by atoms with Gasteiger partial charge in [0.2, 0.25) is 0 Å². The monoisotopic (exact) mass is 308 g/mol. The number of nitrogens with zero attached hydrogens (tertiary/aromatic N) is 3. The molecule has 1 aromatic heterocycles. The van der Waals surface area contributed by atoms with E-state index in [1.807, 2.05) is 42.5 Å². The van der Waals surface area contributed by atoms with E-state index in [4.69, 9.17) is 4.74 Å². The van der Waals surface area contributed by atoms with Crippen LogP contribution in [0.2, 0.25) is 0 Å². The average molecular weight is 308 g/mol. The van der Waals surface area contributed by atoms with Crippen LogP contribution in [0.5, 0.6) is 5.75 Å². The fourth-order valence-corrected chi connectivity index (χ4v) is 2.02. The molecule has 0 saturated heterocycles. The lowest BCUT2D eigenvalue weighted by Crippen LogP contribution is -2.12. The van der Waals surface area contributed by atoms with Crippen molar-refractivity contribution >= 4 is 11.6 Å². The van der Waals surface area contributed by atoms with Gasteiger partial charge >= 0.3 is 0 Å². The van der Waals surface area contributed by atoms with Crippen molar-refractivity contribution in [3.8, 4) is 5.75 Å². The first-order valence-corrected chi connectivity index (χ1v) is 7.15. The van der Waals surface area contributed by atoms with Gasteiger partial charge in [0.25, 0.3) is 5.91 Å². The summed E-state index contributed by atoms with van der Waals surface area (Å²) in [6, 6.07) is 17.1. The van der Waals surface area contributed by atoms with Crippen LogP contribution in [0, 0.1) is 0 Å². The first kappa shape index (κ1) is 14.8. The molecule has 3 aromatic rings. The topological polar surface area (TPSA) is 69.0 Å². The molecule has 0 fully saturated rings. The molecule has 1 amide bonds. The number of rotatable bonds is 5. The summed E-state index contributed by atoms with van der Waals surface area (Å²) in [5.41, 5.74) is 2.05. The predicted octanol–water partition coefficient (Wildman–Crippen LogP) is 2.65. The quantitative estimate of drug-likeness (QED) is 0.786. The Kier molecular flexibility index (Phi) is 4.33. The molecular formula is C17H16N4O2. The largest absolute Gasteiger partial charge is 0.489 e. The minimum Gasteiger partial charge on any atom is -0.489 e. The van der Waals surface area contributed by atoms with Gasteiger partial charge in [-0.1, -0.05) is 35.5 Å². The smallest absolute Gasteiger partial charge is 0.277 e. The molecular weight excluding hydrogens is 292 g/mol. The van der Waals surface area contributed by atoms with Crippen molar-refractivity contribution in [3.63, 3.8) is 0 Å². The Labute approximate surface area is 133 Å². The average Bonchev–Trinajstić information content (AvgIpc) is 3.02. The molecule has 0 spiro atoms. The number of carbonyl (C=O) groups is 1. The summed E-state index contributed by atoms with van der Waals surface area (Å²) < 4.78 is 7.18. The highest BCUT2D eigenvalue weighted by Crippen LogP contribution is 2.17. The summed E-state index contributed by atoms with van der Waals surface area (Å²) in [5, 5.41) is 10.3. The molecule has 1 heterocycles. The minimum absolute atomic E-state index is 0.275. The van der Waals surface area contributed by atoms with Crippen LogP contribution in [0.3, 0.4) is 0 Å². The number of anilines is 1. The zero-order valence-electron chi connectivity index (χ0n) is 12.6. The van der Waals surface area contributed by atoms with E-state index in [1.54, 1.807) is 25.4 Å². The van der Waals surface area contributed by atoms with E-state index in [1.165, 1.54) is 4.68 Å². The number of carbonyl (C=O) groups excluding carboxylic acids is 1. The van der Waals surface area contributed by atoms with Crippen molar-refractivity contribution in [2.75, 3.05) is 5.32 Å². The van der Waals surface area contributed by atoms with E-state index in [9.17, 15) is 4.79 Å². The Hall–Kier alpha value is -3.15. The van der Waals surface area contributed by atoms with Crippen LogP contribution in [0.15, 0.2) is 60.8 Å².